The standard InChI is InChI=1S/C15H30N2O3/c1-3-14(4-2,5-8-18)12-17-13(19)15(11-16)6-9-20-10-7-15/h18H,3-12,16H2,1-2H3,(H,17,19). The van der Waals surface area contributed by atoms with Crippen molar-refractivity contribution in [3.63, 3.8) is 0 Å². The zero-order valence-electron chi connectivity index (χ0n) is 12.9. The first kappa shape index (κ1) is 17.4. The molecule has 0 bridgehead atoms. The SMILES string of the molecule is CCC(CC)(CCO)CNC(=O)C1(CN)CCOCC1. The number of ether oxygens (including phenoxy) is 1. The Hall–Kier alpha value is -0.650. The van der Waals surface area contributed by atoms with Gasteiger partial charge in [0.05, 0.1) is 5.41 Å². The van der Waals surface area contributed by atoms with E-state index in [0.29, 0.717) is 39.1 Å². The van der Waals surface area contributed by atoms with Crippen LogP contribution < -0.4 is 11.1 Å². The Balaban J connectivity index is 2.64. The van der Waals surface area contributed by atoms with Gasteiger partial charge in [-0.1, -0.05) is 13.8 Å². The lowest BCUT2D eigenvalue weighted by Gasteiger charge is -2.37. The molecular formula is C15H30N2O3. The van der Waals surface area contributed by atoms with E-state index in [1.165, 1.54) is 0 Å². The Morgan fingerprint density at radius 1 is 1.35 bits per heavy atom. The van der Waals surface area contributed by atoms with Crippen LogP contribution in [-0.4, -0.2) is 43.9 Å². The highest BCUT2D eigenvalue weighted by Crippen LogP contribution is 2.32. The third kappa shape index (κ3) is 3.93. The molecule has 1 saturated heterocycles. The second-order valence-corrected chi connectivity index (χ2v) is 5.96. The summed E-state index contributed by atoms with van der Waals surface area (Å²) in [4.78, 5) is 12.5. The highest BCUT2D eigenvalue weighted by Gasteiger charge is 2.39. The predicted octanol–water partition coefficient (Wildman–Crippen LogP) is 1.05. The number of carbonyl (C=O) groups excluding carboxylic acids is 1. The van der Waals surface area contributed by atoms with Gasteiger partial charge in [-0.05, 0) is 37.5 Å². The van der Waals surface area contributed by atoms with Gasteiger partial charge in [0, 0.05) is 32.9 Å². The van der Waals surface area contributed by atoms with Crippen LogP contribution in [0.4, 0.5) is 0 Å². The number of nitrogens with one attached hydrogen (secondary N) is 1. The first-order valence-corrected chi connectivity index (χ1v) is 7.75. The van der Waals surface area contributed by atoms with Crippen LogP contribution in [0.2, 0.25) is 0 Å². The molecule has 0 atom stereocenters. The average molecular weight is 286 g/mol. The molecule has 5 nitrogen and oxygen atoms in total. The van der Waals surface area contributed by atoms with Crippen LogP contribution in [0.3, 0.4) is 0 Å². The Kier molecular flexibility index (Phi) is 6.92. The van der Waals surface area contributed by atoms with Crippen LogP contribution in [0.25, 0.3) is 0 Å². The third-order valence-corrected chi connectivity index (χ3v) is 5.09. The number of aliphatic hydroxyl groups is 1. The quantitative estimate of drug-likeness (QED) is 0.622. The molecule has 1 heterocycles. The lowest BCUT2D eigenvalue weighted by molar-refractivity contribution is -0.136. The molecule has 0 spiro atoms. The van der Waals surface area contributed by atoms with Crippen LogP contribution in [0.5, 0.6) is 0 Å². The van der Waals surface area contributed by atoms with Crippen molar-refractivity contribution in [1.29, 1.82) is 0 Å². The fourth-order valence-corrected chi connectivity index (χ4v) is 2.92. The van der Waals surface area contributed by atoms with Crippen molar-refractivity contribution in [2.45, 2.75) is 46.0 Å². The lowest BCUT2D eigenvalue weighted by atomic mass is 9.77. The molecule has 118 valence electrons. The number of carbonyl (C=O) groups is 1. The molecule has 20 heavy (non-hydrogen) atoms. The van der Waals surface area contributed by atoms with E-state index in [-0.39, 0.29) is 17.9 Å². The first-order valence-electron chi connectivity index (χ1n) is 7.75. The number of aliphatic hydroxyl groups excluding tert-OH is 1. The molecule has 1 rings (SSSR count). The lowest BCUT2D eigenvalue weighted by Crippen LogP contribution is -2.51. The van der Waals surface area contributed by atoms with Gasteiger partial charge in [-0.15, -0.1) is 0 Å². The van der Waals surface area contributed by atoms with Gasteiger partial charge >= 0.3 is 0 Å². The van der Waals surface area contributed by atoms with Crippen molar-refractivity contribution in [2.75, 3.05) is 32.9 Å². The van der Waals surface area contributed by atoms with E-state index < -0.39 is 5.41 Å². The summed E-state index contributed by atoms with van der Waals surface area (Å²) in [5.41, 5.74) is 5.37. The van der Waals surface area contributed by atoms with Crippen LogP contribution in [-0.2, 0) is 9.53 Å². The summed E-state index contributed by atoms with van der Waals surface area (Å²) in [6, 6.07) is 0. The topological polar surface area (TPSA) is 84.6 Å². The second kappa shape index (κ2) is 7.96. The molecule has 0 saturated carbocycles. The Bertz CT molecular complexity index is 297. The minimum absolute atomic E-state index is 0.00857. The molecule has 1 fully saturated rings. The molecule has 0 aromatic rings. The van der Waals surface area contributed by atoms with Gasteiger partial charge in [-0.25, -0.2) is 0 Å². The van der Waals surface area contributed by atoms with Gasteiger partial charge in [0.1, 0.15) is 0 Å². The van der Waals surface area contributed by atoms with Gasteiger partial charge in [0.25, 0.3) is 0 Å². The summed E-state index contributed by atoms with van der Waals surface area (Å²) in [5.74, 6) is 0.0486. The maximum atomic E-state index is 12.5. The third-order valence-electron chi connectivity index (χ3n) is 5.09. The van der Waals surface area contributed by atoms with E-state index in [4.69, 9.17) is 10.5 Å². The molecule has 0 aromatic carbocycles. The normalized spacial score (nSPS) is 18.8. The van der Waals surface area contributed by atoms with E-state index in [9.17, 15) is 9.90 Å². The van der Waals surface area contributed by atoms with Crippen LogP contribution >= 0.6 is 0 Å². The molecule has 1 aliphatic rings. The van der Waals surface area contributed by atoms with Crippen molar-refractivity contribution < 1.29 is 14.6 Å². The van der Waals surface area contributed by atoms with Gasteiger partial charge in [-0.2, -0.15) is 0 Å². The summed E-state index contributed by atoms with van der Waals surface area (Å²) in [7, 11) is 0. The number of amides is 1. The summed E-state index contributed by atoms with van der Waals surface area (Å²) >= 11 is 0. The highest BCUT2D eigenvalue weighted by molar-refractivity contribution is 5.83. The van der Waals surface area contributed by atoms with Gasteiger partial charge < -0.3 is 20.9 Å². The summed E-state index contributed by atoms with van der Waals surface area (Å²) in [5, 5.41) is 12.3. The molecular weight excluding hydrogens is 256 g/mol. The van der Waals surface area contributed by atoms with Crippen LogP contribution in [0.15, 0.2) is 0 Å². The molecule has 0 unspecified atom stereocenters. The Morgan fingerprint density at radius 2 is 1.95 bits per heavy atom. The van der Waals surface area contributed by atoms with Crippen molar-refractivity contribution in [3.8, 4) is 0 Å². The predicted molar refractivity (Wildman–Crippen MR) is 79.3 cm³/mol. The fraction of sp³-hybridized carbons (Fsp3) is 0.933. The molecule has 0 radical (unpaired) electrons. The zero-order valence-corrected chi connectivity index (χ0v) is 12.9. The van der Waals surface area contributed by atoms with Crippen molar-refractivity contribution in [2.24, 2.45) is 16.6 Å². The second-order valence-electron chi connectivity index (χ2n) is 5.96. The van der Waals surface area contributed by atoms with Crippen LogP contribution in [0.1, 0.15) is 46.0 Å². The Morgan fingerprint density at radius 3 is 2.40 bits per heavy atom. The van der Waals surface area contributed by atoms with E-state index in [0.717, 1.165) is 19.3 Å². The van der Waals surface area contributed by atoms with Crippen molar-refractivity contribution in [1.82, 2.24) is 5.32 Å². The van der Waals surface area contributed by atoms with Gasteiger partial charge in [-0.3, -0.25) is 4.79 Å². The minimum atomic E-state index is -0.468. The van der Waals surface area contributed by atoms with Gasteiger partial charge in [0.2, 0.25) is 5.91 Å². The summed E-state index contributed by atoms with van der Waals surface area (Å²) in [6.07, 6.45) is 4.01. The molecule has 0 aliphatic carbocycles. The Labute approximate surface area is 122 Å². The smallest absolute Gasteiger partial charge is 0.227 e. The monoisotopic (exact) mass is 286 g/mol. The molecule has 5 heteroatoms. The van der Waals surface area contributed by atoms with Crippen LogP contribution in [0, 0.1) is 10.8 Å². The van der Waals surface area contributed by atoms with E-state index >= 15 is 0 Å². The summed E-state index contributed by atoms with van der Waals surface area (Å²) < 4.78 is 5.33. The van der Waals surface area contributed by atoms with E-state index in [2.05, 4.69) is 19.2 Å². The maximum absolute atomic E-state index is 12.5. The maximum Gasteiger partial charge on any atom is 0.227 e. The molecule has 4 N–H and O–H groups in total. The zero-order chi connectivity index (χ0) is 15.1. The number of hydrogen-bond donors (Lipinski definition) is 3. The van der Waals surface area contributed by atoms with Crippen molar-refractivity contribution >= 4 is 5.91 Å². The molecule has 1 amide bonds. The van der Waals surface area contributed by atoms with E-state index in [1.54, 1.807) is 0 Å². The average Bonchev–Trinajstić information content (AvgIpc) is 2.52. The molecule has 1 aliphatic heterocycles. The number of nitrogens with two attached hydrogens (primary N) is 1. The number of rotatable bonds is 8. The molecule has 0 aromatic heterocycles. The highest BCUT2D eigenvalue weighted by atomic mass is 16.5. The fourth-order valence-electron chi connectivity index (χ4n) is 2.92. The summed E-state index contributed by atoms with van der Waals surface area (Å²) in [6.45, 7) is 6.57. The first-order chi connectivity index (χ1) is 9.58. The largest absolute Gasteiger partial charge is 0.396 e. The number of hydrogen-bond acceptors (Lipinski definition) is 4. The van der Waals surface area contributed by atoms with E-state index in [1.807, 2.05) is 0 Å². The van der Waals surface area contributed by atoms with Gasteiger partial charge in [0.15, 0.2) is 0 Å². The van der Waals surface area contributed by atoms with Crippen molar-refractivity contribution in [3.05, 3.63) is 0 Å². The minimum Gasteiger partial charge on any atom is -0.396 e.